The summed E-state index contributed by atoms with van der Waals surface area (Å²) in [6.45, 7) is -1.18. The first-order chi connectivity index (χ1) is 21.5. The Hall–Kier alpha value is -3.06. The molecular weight excluding hydrogens is 596 g/mol. The number of carbonyl (C=O) groups excluding carboxylic acids is 2. The molecule has 2 aliphatic heterocycles. The molecule has 2 fully saturated rings. The minimum atomic E-state index is -1.89. The van der Waals surface area contributed by atoms with E-state index in [0.717, 1.165) is 11.1 Å². The van der Waals surface area contributed by atoms with Crippen LogP contribution in [0.15, 0.2) is 60.7 Å². The van der Waals surface area contributed by atoms with Crippen LogP contribution in [0.3, 0.4) is 0 Å². The van der Waals surface area contributed by atoms with Gasteiger partial charge in [-0.1, -0.05) is 60.7 Å². The third kappa shape index (κ3) is 9.02. The third-order valence-corrected chi connectivity index (χ3v) is 7.60. The Morgan fingerprint density at radius 2 is 1.13 bits per heavy atom. The second kappa shape index (κ2) is 16.0. The minimum Gasteiger partial charge on any atom is -0.462 e. The Morgan fingerprint density at radius 1 is 0.644 bits per heavy atom. The van der Waals surface area contributed by atoms with E-state index in [1.165, 1.54) is 0 Å². The number of hydrogen-bond acceptors (Lipinski definition) is 15. The Bertz CT molecular complexity index is 1220. The van der Waals surface area contributed by atoms with Gasteiger partial charge in [0.25, 0.3) is 0 Å². The van der Waals surface area contributed by atoms with E-state index in [-0.39, 0.29) is 12.8 Å². The Balaban J connectivity index is 1.37. The fourth-order valence-corrected chi connectivity index (χ4v) is 4.99. The van der Waals surface area contributed by atoms with E-state index in [1.807, 2.05) is 12.1 Å². The van der Waals surface area contributed by atoms with Gasteiger partial charge in [-0.25, -0.2) is 0 Å². The first kappa shape index (κ1) is 34.8. The van der Waals surface area contributed by atoms with E-state index in [0.29, 0.717) is 0 Å². The van der Waals surface area contributed by atoms with Crippen molar-refractivity contribution in [3.8, 4) is 0 Å². The lowest BCUT2D eigenvalue weighted by molar-refractivity contribution is -0.355. The first-order valence-electron chi connectivity index (χ1n) is 14.4. The number of esters is 2. The SMILES string of the molecule is N[C@@H](Cc1ccccc1)C(=O)OC[C@H]1O[C@@H](O[C@H]2[C@H](O)[C@@H](O)C(O)O[C@@H]2COC(=O)[C@@H](N)Cc2ccccc2)[C@H](O)[C@@H](O)[C@H]1O. The molecule has 0 aliphatic carbocycles. The second-order valence-corrected chi connectivity index (χ2v) is 11.0. The topological polar surface area (TPSA) is 254 Å². The smallest absolute Gasteiger partial charge is 0.323 e. The molecule has 15 nitrogen and oxygen atoms in total. The summed E-state index contributed by atoms with van der Waals surface area (Å²) in [7, 11) is 0. The number of aliphatic hydroxyl groups excluding tert-OH is 6. The highest BCUT2D eigenvalue weighted by atomic mass is 16.7. The van der Waals surface area contributed by atoms with Gasteiger partial charge in [0.05, 0.1) is 0 Å². The van der Waals surface area contributed by atoms with Gasteiger partial charge >= 0.3 is 11.9 Å². The van der Waals surface area contributed by atoms with Crippen molar-refractivity contribution in [2.24, 2.45) is 11.5 Å². The summed E-state index contributed by atoms with van der Waals surface area (Å²) in [6.07, 6.45) is -16.9. The van der Waals surface area contributed by atoms with Gasteiger partial charge in [0, 0.05) is 0 Å². The molecule has 2 aromatic rings. The molecule has 10 N–H and O–H groups in total. The van der Waals surface area contributed by atoms with Crippen molar-refractivity contribution in [3.63, 3.8) is 0 Å². The molecule has 15 heteroatoms. The zero-order chi connectivity index (χ0) is 32.7. The summed E-state index contributed by atoms with van der Waals surface area (Å²) in [4.78, 5) is 25.1. The molecule has 0 saturated carbocycles. The molecule has 0 radical (unpaired) electrons. The Labute approximate surface area is 258 Å². The molecule has 0 bridgehead atoms. The van der Waals surface area contributed by atoms with Crippen LogP contribution in [0, 0.1) is 0 Å². The number of hydrogen-bond donors (Lipinski definition) is 8. The van der Waals surface area contributed by atoms with Crippen molar-refractivity contribution in [1.29, 1.82) is 0 Å². The summed E-state index contributed by atoms with van der Waals surface area (Å²) in [5, 5.41) is 62.5. The van der Waals surface area contributed by atoms with E-state index in [4.69, 9.17) is 35.2 Å². The number of nitrogens with two attached hydrogens (primary N) is 2. The van der Waals surface area contributed by atoms with Crippen LogP contribution in [-0.4, -0.2) is 129 Å². The molecule has 0 aromatic heterocycles. The van der Waals surface area contributed by atoms with Crippen LogP contribution < -0.4 is 11.5 Å². The maximum Gasteiger partial charge on any atom is 0.323 e. The minimum absolute atomic E-state index is 0.167. The van der Waals surface area contributed by atoms with Gasteiger partial charge in [-0.3, -0.25) is 9.59 Å². The van der Waals surface area contributed by atoms with Gasteiger partial charge < -0.3 is 65.8 Å². The van der Waals surface area contributed by atoms with Crippen LogP contribution in [0.1, 0.15) is 11.1 Å². The highest BCUT2D eigenvalue weighted by molar-refractivity contribution is 5.76. The fraction of sp³-hybridized carbons (Fsp3) is 0.533. The normalized spacial score (nSPS) is 33.2. The molecule has 2 aromatic carbocycles. The average molecular weight is 637 g/mol. The van der Waals surface area contributed by atoms with E-state index >= 15 is 0 Å². The molecule has 0 spiro atoms. The third-order valence-electron chi connectivity index (χ3n) is 7.60. The average Bonchev–Trinajstić information content (AvgIpc) is 3.04. The molecule has 2 aliphatic rings. The quantitative estimate of drug-likeness (QED) is 0.107. The van der Waals surface area contributed by atoms with Crippen molar-refractivity contribution in [3.05, 3.63) is 71.8 Å². The van der Waals surface area contributed by atoms with Gasteiger partial charge in [0.15, 0.2) is 12.6 Å². The maximum atomic E-state index is 12.6. The van der Waals surface area contributed by atoms with Crippen LogP contribution in [0.4, 0.5) is 0 Å². The van der Waals surface area contributed by atoms with Crippen LogP contribution in [0.2, 0.25) is 0 Å². The molecule has 12 atom stereocenters. The largest absolute Gasteiger partial charge is 0.462 e. The van der Waals surface area contributed by atoms with Gasteiger partial charge in [-0.2, -0.15) is 0 Å². The molecular formula is C30H40N2O13. The standard InChI is InChI=1S/C30H40N2O13/c31-17(11-15-7-3-1-4-8-15)27(38)41-13-19-21(33)22(34)25(37)30(44-19)45-26-20(43-29(40)24(36)23(26)35)14-42-28(39)18(32)12-16-9-5-2-6-10-16/h1-10,17-26,29-30,33-37,40H,11-14,31-32H2/t17-,18-,19+,20+,21-,22-,23+,24+,25+,26+,29?,30-/m0/s1. The number of ether oxygens (including phenoxy) is 5. The van der Waals surface area contributed by atoms with Gasteiger partial charge in [-0.05, 0) is 24.0 Å². The predicted molar refractivity (Wildman–Crippen MR) is 153 cm³/mol. The lowest BCUT2D eigenvalue weighted by Crippen LogP contribution is -2.64. The van der Waals surface area contributed by atoms with Gasteiger partial charge in [-0.15, -0.1) is 0 Å². The first-order valence-corrected chi connectivity index (χ1v) is 14.4. The van der Waals surface area contributed by atoms with E-state index in [1.54, 1.807) is 48.5 Å². The summed E-state index contributed by atoms with van der Waals surface area (Å²) in [5.74, 6) is -1.63. The molecule has 2 saturated heterocycles. The van der Waals surface area contributed by atoms with E-state index in [9.17, 15) is 40.2 Å². The summed E-state index contributed by atoms with van der Waals surface area (Å²) < 4.78 is 27.0. The number of rotatable bonds is 12. The maximum absolute atomic E-state index is 12.6. The lowest BCUT2D eigenvalue weighted by Gasteiger charge is -2.45. The van der Waals surface area contributed by atoms with Crippen LogP contribution >= 0.6 is 0 Å². The van der Waals surface area contributed by atoms with E-state index in [2.05, 4.69) is 0 Å². The van der Waals surface area contributed by atoms with Crippen molar-refractivity contribution < 1.29 is 63.9 Å². The molecule has 2 heterocycles. The molecule has 1 unspecified atom stereocenters. The Morgan fingerprint density at radius 3 is 1.64 bits per heavy atom. The summed E-state index contributed by atoms with van der Waals surface area (Å²) in [6, 6.07) is 15.8. The summed E-state index contributed by atoms with van der Waals surface area (Å²) >= 11 is 0. The molecule has 0 amide bonds. The zero-order valence-corrected chi connectivity index (χ0v) is 24.2. The van der Waals surface area contributed by atoms with Crippen molar-refractivity contribution in [2.45, 2.75) is 86.3 Å². The van der Waals surface area contributed by atoms with Crippen molar-refractivity contribution >= 4 is 11.9 Å². The number of aliphatic hydroxyl groups is 6. The van der Waals surface area contributed by atoms with Crippen molar-refractivity contribution in [1.82, 2.24) is 0 Å². The van der Waals surface area contributed by atoms with Crippen LogP contribution in [0.5, 0.6) is 0 Å². The highest BCUT2D eigenvalue weighted by Gasteiger charge is 2.51. The fourth-order valence-electron chi connectivity index (χ4n) is 4.99. The van der Waals surface area contributed by atoms with Crippen LogP contribution in [0.25, 0.3) is 0 Å². The predicted octanol–water partition coefficient (Wildman–Crippen LogP) is -3.16. The van der Waals surface area contributed by atoms with Crippen LogP contribution in [-0.2, 0) is 46.1 Å². The van der Waals surface area contributed by atoms with E-state index < -0.39 is 98.6 Å². The van der Waals surface area contributed by atoms with Gasteiger partial charge in [0.2, 0.25) is 0 Å². The monoisotopic (exact) mass is 636 g/mol. The molecule has 248 valence electrons. The number of benzene rings is 2. The van der Waals surface area contributed by atoms with Gasteiger partial charge in [0.1, 0.15) is 74.1 Å². The molecule has 45 heavy (non-hydrogen) atoms. The molecule has 4 rings (SSSR count). The zero-order valence-electron chi connectivity index (χ0n) is 24.2. The lowest BCUT2D eigenvalue weighted by atomic mass is 9.97. The highest BCUT2D eigenvalue weighted by Crippen LogP contribution is 2.29. The number of carbonyl (C=O) groups is 2. The Kier molecular flexibility index (Phi) is 12.4. The van der Waals surface area contributed by atoms with Crippen molar-refractivity contribution in [2.75, 3.05) is 13.2 Å². The summed E-state index contributed by atoms with van der Waals surface area (Å²) in [5.41, 5.74) is 13.5. The second-order valence-electron chi connectivity index (χ2n) is 11.0.